The number of rotatable bonds is 0. The van der Waals surface area contributed by atoms with Crippen molar-refractivity contribution >= 4 is 17.2 Å². The second-order valence-electron chi connectivity index (χ2n) is 7.31. The van der Waals surface area contributed by atoms with E-state index in [1.807, 2.05) is 0 Å². The fraction of sp³-hybridized carbons (Fsp3) is 0.273. The smallest absolute Gasteiger partial charge is 0.0161 e. The van der Waals surface area contributed by atoms with Crippen molar-refractivity contribution in [1.82, 2.24) is 0 Å². The Kier molecular flexibility index (Phi) is 2.27. The third-order valence-corrected chi connectivity index (χ3v) is 5.76. The Morgan fingerprint density at radius 3 is 2.73 bits per heavy atom. The molecule has 0 nitrogen and oxygen atoms in total. The fourth-order valence-electron chi connectivity index (χ4n) is 4.78. The molecule has 0 heteroatoms. The molecule has 3 aliphatic rings. The predicted octanol–water partition coefficient (Wildman–Crippen LogP) is 5.40. The molecular formula is C22H20. The SMILES string of the molecule is CC1(C)C2=C(Cc3ccccc32)c2c1ccc1c2C=CCC1. The van der Waals surface area contributed by atoms with E-state index in [4.69, 9.17) is 0 Å². The van der Waals surface area contributed by atoms with Gasteiger partial charge in [-0.05, 0) is 63.8 Å². The molecular weight excluding hydrogens is 264 g/mol. The monoisotopic (exact) mass is 284 g/mol. The van der Waals surface area contributed by atoms with E-state index in [0.717, 1.165) is 6.42 Å². The molecule has 0 aromatic heterocycles. The number of aryl methyl sites for hydroxylation is 1. The Labute approximate surface area is 132 Å². The van der Waals surface area contributed by atoms with Crippen molar-refractivity contribution in [2.24, 2.45) is 0 Å². The summed E-state index contributed by atoms with van der Waals surface area (Å²) in [4.78, 5) is 0. The standard InChI is InChI=1S/C22H20/c1-22(2)19-12-11-14-7-3-5-9-16(14)20(19)18-13-15-8-4-6-10-17(15)21(18)22/h4-6,8-12H,3,7,13H2,1-2H3. The molecule has 0 saturated heterocycles. The topological polar surface area (TPSA) is 0 Å². The molecule has 0 N–H and O–H groups in total. The van der Waals surface area contributed by atoms with Crippen LogP contribution in [0, 0.1) is 0 Å². The third kappa shape index (κ3) is 1.38. The molecule has 108 valence electrons. The molecule has 3 aliphatic carbocycles. The molecule has 0 radical (unpaired) electrons. The Morgan fingerprint density at radius 2 is 1.82 bits per heavy atom. The Morgan fingerprint density at radius 1 is 0.955 bits per heavy atom. The van der Waals surface area contributed by atoms with E-state index in [2.05, 4.69) is 62.4 Å². The molecule has 2 aromatic rings. The van der Waals surface area contributed by atoms with Gasteiger partial charge in [-0.25, -0.2) is 0 Å². The van der Waals surface area contributed by atoms with Crippen LogP contribution in [0.4, 0.5) is 0 Å². The van der Waals surface area contributed by atoms with Gasteiger partial charge in [0.15, 0.2) is 0 Å². The summed E-state index contributed by atoms with van der Waals surface area (Å²) < 4.78 is 0. The summed E-state index contributed by atoms with van der Waals surface area (Å²) in [6.07, 6.45) is 8.19. The van der Waals surface area contributed by atoms with E-state index in [1.165, 1.54) is 40.7 Å². The van der Waals surface area contributed by atoms with Crippen LogP contribution in [0.15, 0.2) is 42.5 Å². The largest absolute Gasteiger partial charge is 0.0836 e. The van der Waals surface area contributed by atoms with Crippen LogP contribution in [0.2, 0.25) is 0 Å². The zero-order valence-electron chi connectivity index (χ0n) is 13.2. The van der Waals surface area contributed by atoms with Crippen LogP contribution in [0.1, 0.15) is 53.6 Å². The Balaban J connectivity index is 1.84. The number of fused-ring (bicyclic) bond motifs is 6. The lowest BCUT2D eigenvalue weighted by Crippen LogP contribution is -2.17. The van der Waals surface area contributed by atoms with Gasteiger partial charge in [0.1, 0.15) is 0 Å². The lowest BCUT2D eigenvalue weighted by atomic mass is 9.77. The van der Waals surface area contributed by atoms with E-state index >= 15 is 0 Å². The van der Waals surface area contributed by atoms with E-state index in [0.29, 0.717) is 0 Å². The van der Waals surface area contributed by atoms with E-state index in [-0.39, 0.29) is 5.41 Å². The molecule has 0 unspecified atom stereocenters. The van der Waals surface area contributed by atoms with Crippen LogP contribution >= 0.6 is 0 Å². The summed E-state index contributed by atoms with van der Waals surface area (Å²) in [5, 5.41) is 0. The van der Waals surface area contributed by atoms with E-state index in [9.17, 15) is 0 Å². The first-order valence-corrected chi connectivity index (χ1v) is 8.33. The predicted molar refractivity (Wildman–Crippen MR) is 93.8 cm³/mol. The minimum Gasteiger partial charge on any atom is -0.0836 e. The van der Waals surface area contributed by atoms with Crippen molar-refractivity contribution in [2.45, 2.75) is 38.5 Å². The van der Waals surface area contributed by atoms with Crippen LogP contribution in [-0.2, 0) is 18.3 Å². The summed E-state index contributed by atoms with van der Waals surface area (Å²) in [6, 6.07) is 13.7. The van der Waals surface area contributed by atoms with Crippen LogP contribution in [-0.4, -0.2) is 0 Å². The summed E-state index contributed by atoms with van der Waals surface area (Å²) in [5.41, 5.74) is 12.4. The highest BCUT2D eigenvalue weighted by atomic mass is 14.5. The maximum Gasteiger partial charge on any atom is 0.0161 e. The molecule has 0 saturated carbocycles. The van der Waals surface area contributed by atoms with Gasteiger partial charge in [-0.3, -0.25) is 0 Å². The molecule has 22 heavy (non-hydrogen) atoms. The maximum absolute atomic E-state index is 2.40. The molecule has 0 aliphatic heterocycles. The molecule has 2 aromatic carbocycles. The highest BCUT2D eigenvalue weighted by Gasteiger charge is 2.43. The zero-order chi connectivity index (χ0) is 14.9. The number of allylic oxidation sites excluding steroid dienone is 3. The van der Waals surface area contributed by atoms with Gasteiger partial charge in [0, 0.05) is 5.41 Å². The molecule has 0 heterocycles. The minimum atomic E-state index is 0.123. The minimum absolute atomic E-state index is 0.123. The van der Waals surface area contributed by atoms with Gasteiger partial charge < -0.3 is 0 Å². The van der Waals surface area contributed by atoms with Gasteiger partial charge in [0.05, 0.1) is 0 Å². The molecule has 5 rings (SSSR count). The first-order chi connectivity index (χ1) is 10.7. The zero-order valence-corrected chi connectivity index (χ0v) is 13.2. The van der Waals surface area contributed by atoms with Crippen molar-refractivity contribution in [3.05, 3.63) is 75.9 Å². The summed E-state index contributed by atoms with van der Waals surface area (Å²) in [7, 11) is 0. The number of hydrogen-bond donors (Lipinski definition) is 0. The van der Waals surface area contributed by atoms with Crippen molar-refractivity contribution in [3.8, 4) is 0 Å². The average Bonchev–Trinajstić information content (AvgIpc) is 3.02. The molecule has 0 fully saturated rings. The highest BCUT2D eigenvalue weighted by Crippen LogP contribution is 2.57. The van der Waals surface area contributed by atoms with E-state index < -0.39 is 0 Å². The van der Waals surface area contributed by atoms with Gasteiger partial charge >= 0.3 is 0 Å². The normalized spacial score (nSPS) is 19.7. The summed E-state index contributed by atoms with van der Waals surface area (Å²) in [6.45, 7) is 4.80. The van der Waals surface area contributed by atoms with Crippen LogP contribution in [0.25, 0.3) is 17.2 Å². The lowest BCUT2D eigenvalue weighted by molar-refractivity contribution is 0.703. The second kappa shape index (κ2) is 4.01. The van der Waals surface area contributed by atoms with Gasteiger partial charge in [-0.1, -0.05) is 62.4 Å². The third-order valence-electron chi connectivity index (χ3n) is 5.76. The van der Waals surface area contributed by atoms with Crippen LogP contribution in [0.3, 0.4) is 0 Å². The Hall–Kier alpha value is -2.08. The lowest BCUT2D eigenvalue weighted by Gasteiger charge is -2.26. The first kappa shape index (κ1) is 12.5. The van der Waals surface area contributed by atoms with Gasteiger partial charge in [-0.15, -0.1) is 0 Å². The van der Waals surface area contributed by atoms with Crippen molar-refractivity contribution in [2.75, 3.05) is 0 Å². The van der Waals surface area contributed by atoms with Crippen LogP contribution < -0.4 is 0 Å². The summed E-state index contributed by atoms with van der Waals surface area (Å²) in [5.74, 6) is 0. The molecule has 0 bridgehead atoms. The second-order valence-corrected chi connectivity index (χ2v) is 7.31. The molecule has 0 atom stereocenters. The first-order valence-electron chi connectivity index (χ1n) is 8.33. The quantitative estimate of drug-likeness (QED) is 0.607. The van der Waals surface area contributed by atoms with Gasteiger partial charge in [0.25, 0.3) is 0 Å². The summed E-state index contributed by atoms with van der Waals surface area (Å²) >= 11 is 0. The van der Waals surface area contributed by atoms with Crippen molar-refractivity contribution in [3.63, 3.8) is 0 Å². The highest BCUT2D eigenvalue weighted by molar-refractivity contribution is 6.07. The maximum atomic E-state index is 2.40. The molecule has 0 spiro atoms. The average molecular weight is 284 g/mol. The van der Waals surface area contributed by atoms with Crippen molar-refractivity contribution in [1.29, 1.82) is 0 Å². The Bertz CT molecular complexity index is 875. The number of hydrogen-bond acceptors (Lipinski definition) is 0. The van der Waals surface area contributed by atoms with Crippen LogP contribution in [0.5, 0.6) is 0 Å². The fourth-order valence-corrected chi connectivity index (χ4v) is 4.78. The van der Waals surface area contributed by atoms with Gasteiger partial charge in [0.2, 0.25) is 0 Å². The van der Waals surface area contributed by atoms with E-state index in [1.54, 1.807) is 16.7 Å². The molecule has 0 amide bonds. The van der Waals surface area contributed by atoms with Gasteiger partial charge in [-0.2, -0.15) is 0 Å². The number of benzene rings is 2. The van der Waals surface area contributed by atoms with Crippen molar-refractivity contribution < 1.29 is 0 Å².